The zero-order chi connectivity index (χ0) is 21.3. The van der Waals surface area contributed by atoms with Crippen molar-refractivity contribution < 1.29 is 13.5 Å². The van der Waals surface area contributed by atoms with E-state index in [1.54, 1.807) is 19.2 Å². The number of hydrogen-bond donors (Lipinski definition) is 0. The van der Waals surface area contributed by atoms with Gasteiger partial charge in [0.2, 0.25) is 5.89 Å². The summed E-state index contributed by atoms with van der Waals surface area (Å²) in [4.78, 5) is 9.42. The molecule has 1 saturated heterocycles. The number of rotatable bonds is 5. The molecule has 0 aliphatic carbocycles. The second kappa shape index (κ2) is 8.48. The van der Waals surface area contributed by atoms with E-state index >= 15 is 0 Å². The molecule has 2 aromatic carbocycles. The molecule has 1 aliphatic rings. The Morgan fingerprint density at radius 1 is 1.07 bits per heavy atom. The summed E-state index contributed by atoms with van der Waals surface area (Å²) in [5.74, 6) is 1.23. The standard InChI is InChI=1S/C24H28FN3O2/c1-16-6-5-7-23(17(16)2)28-12-10-27(11-13-28)15-22-18(3)30-24(26-22)20-14-19(29-4)8-9-21(20)25/h5-9,14H,10-13,15H2,1-4H3. The SMILES string of the molecule is COc1ccc(F)c(-c2nc(CN3CCN(c4cccc(C)c4C)CC3)c(C)o2)c1. The van der Waals surface area contributed by atoms with E-state index < -0.39 is 0 Å². The van der Waals surface area contributed by atoms with Gasteiger partial charge in [0.1, 0.15) is 17.3 Å². The van der Waals surface area contributed by atoms with Gasteiger partial charge in [0.15, 0.2) is 0 Å². The van der Waals surface area contributed by atoms with Crippen LogP contribution in [0.3, 0.4) is 0 Å². The summed E-state index contributed by atoms with van der Waals surface area (Å²) in [6.07, 6.45) is 0. The van der Waals surface area contributed by atoms with E-state index in [-0.39, 0.29) is 5.82 Å². The van der Waals surface area contributed by atoms with Crippen molar-refractivity contribution in [3.63, 3.8) is 0 Å². The Morgan fingerprint density at radius 2 is 1.83 bits per heavy atom. The zero-order valence-corrected chi connectivity index (χ0v) is 18.0. The van der Waals surface area contributed by atoms with Gasteiger partial charge < -0.3 is 14.1 Å². The summed E-state index contributed by atoms with van der Waals surface area (Å²) in [5, 5.41) is 0. The molecular formula is C24H28FN3O2. The molecule has 30 heavy (non-hydrogen) atoms. The summed E-state index contributed by atoms with van der Waals surface area (Å²) in [6.45, 7) is 10.8. The van der Waals surface area contributed by atoms with Crippen LogP contribution >= 0.6 is 0 Å². The van der Waals surface area contributed by atoms with E-state index in [0.29, 0.717) is 23.7 Å². The molecule has 1 aliphatic heterocycles. The minimum absolute atomic E-state index is 0.299. The molecule has 0 spiro atoms. The predicted octanol–water partition coefficient (Wildman–Crippen LogP) is 4.74. The fourth-order valence-corrected chi connectivity index (χ4v) is 3.92. The maximum absolute atomic E-state index is 14.3. The number of methoxy groups -OCH3 is 1. The number of hydrogen-bond acceptors (Lipinski definition) is 5. The fraction of sp³-hybridized carbons (Fsp3) is 0.375. The molecule has 0 saturated carbocycles. The molecule has 0 atom stereocenters. The second-order valence-electron chi connectivity index (χ2n) is 7.85. The number of oxazole rings is 1. The molecule has 5 nitrogen and oxygen atoms in total. The summed E-state index contributed by atoms with van der Waals surface area (Å²) in [6, 6.07) is 11.1. The van der Waals surface area contributed by atoms with Gasteiger partial charge in [-0.25, -0.2) is 9.37 Å². The number of nitrogens with zero attached hydrogens (tertiary/aromatic N) is 3. The summed E-state index contributed by atoms with van der Waals surface area (Å²) < 4.78 is 25.3. The van der Waals surface area contributed by atoms with Crippen molar-refractivity contribution in [3.05, 3.63) is 64.8 Å². The van der Waals surface area contributed by atoms with E-state index in [4.69, 9.17) is 9.15 Å². The first-order chi connectivity index (χ1) is 14.5. The van der Waals surface area contributed by atoms with Gasteiger partial charge in [0.05, 0.1) is 18.4 Å². The van der Waals surface area contributed by atoms with Gasteiger partial charge in [0.25, 0.3) is 0 Å². The molecule has 6 heteroatoms. The van der Waals surface area contributed by atoms with Crippen LogP contribution < -0.4 is 9.64 Å². The lowest BCUT2D eigenvalue weighted by Crippen LogP contribution is -2.46. The number of piperazine rings is 1. The van der Waals surface area contributed by atoms with Gasteiger partial charge in [-0.15, -0.1) is 0 Å². The molecule has 0 bridgehead atoms. The average Bonchev–Trinajstić information content (AvgIpc) is 3.11. The Morgan fingerprint density at radius 3 is 2.57 bits per heavy atom. The number of ether oxygens (including phenoxy) is 1. The Balaban J connectivity index is 1.45. The van der Waals surface area contributed by atoms with Gasteiger partial charge in [-0.3, -0.25) is 4.90 Å². The lowest BCUT2D eigenvalue weighted by Gasteiger charge is -2.36. The Kier molecular flexibility index (Phi) is 5.77. The molecule has 158 valence electrons. The highest BCUT2D eigenvalue weighted by Crippen LogP contribution is 2.29. The van der Waals surface area contributed by atoms with Crippen LogP contribution in [0.2, 0.25) is 0 Å². The smallest absolute Gasteiger partial charge is 0.229 e. The summed E-state index contributed by atoms with van der Waals surface area (Å²) in [7, 11) is 1.56. The van der Waals surface area contributed by atoms with E-state index in [1.165, 1.54) is 22.9 Å². The molecule has 3 aromatic rings. The van der Waals surface area contributed by atoms with Crippen molar-refractivity contribution in [1.82, 2.24) is 9.88 Å². The molecule has 0 radical (unpaired) electrons. The molecule has 1 aromatic heterocycles. The minimum atomic E-state index is -0.370. The van der Waals surface area contributed by atoms with E-state index in [1.807, 2.05) is 6.92 Å². The van der Waals surface area contributed by atoms with Crippen molar-refractivity contribution in [2.75, 3.05) is 38.2 Å². The summed E-state index contributed by atoms with van der Waals surface area (Å²) >= 11 is 0. The molecule has 0 amide bonds. The summed E-state index contributed by atoms with van der Waals surface area (Å²) in [5.41, 5.74) is 5.17. The van der Waals surface area contributed by atoms with Gasteiger partial charge in [-0.2, -0.15) is 0 Å². The first kappa shape index (κ1) is 20.4. The molecule has 1 fully saturated rings. The number of benzene rings is 2. The van der Waals surface area contributed by atoms with Gasteiger partial charge in [0, 0.05) is 38.4 Å². The highest BCUT2D eigenvalue weighted by atomic mass is 19.1. The van der Waals surface area contributed by atoms with Gasteiger partial charge in [-0.1, -0.05) is 12.1 Å². The first-order valence-corrected chi connectivity index (χ1v) is 10.3. The van der Waals surface area contributed by atoms with Crippen molar-refractivity contribution >= 4 is 5.69 Å². The Labute approximate surface area is 177 Å². The van der Waals surface area contributed by atoms with Crippen LogP contribution in [0, 0.1) is 26.6 Å². The second-order valence-corrected chi connectivity index (χ2v) is 7.85. The van der Waals surface area contributed by atoms with Crippen molar-refractivity contribution in [1.29, 1.82) is 0 Å². The Bertz CT molecular complexity index is 1040. The van der Waals surface area contributed by atoms with Crippen LogP contribution in [-0.2, 0) is 6.54 Å². The molecular weight excluding hydrogens is 381 g/mol. The number of anilines is 1. The molecule has 4 rings (SSSR count). The van der Waals surface area contributed by atoms with Gasteiger partial charge >= 0.3 is 0 Å². The highest BCUT2D eigenvalue weighted by molar-refractivity contribution is 5.58. The topological polar surface area (TPSA) is 41.7 Å². The quantitative estimate of drug-likeness (QED) is 0.609. The maximum Gasteiger partial charge on any atom is 0.229 e. The van der Waals surface area contributed by atoms with Gasteiger partial charge in [-0.05, 0) is 56.2 Å². The number of aryl methyl sites for hydroxylation is 2. The largest absolute Gasteiger partial charge is 0.497 e. The first-order valence-electron chi connectivity index (χ1n) is 10.3. The highest BCUT2D eigenvalue weighted by Gasteiger charge is 2.22. The maximum atomic E-state index is 14.3. The molecule has 0 N–H and O–H groups in total. The third-order valence-electron chi connectivity index (χ3n) is 5.96. The van der Waals surface area contributed by atoms with E-state index in [9.17, 15) is 4.39 Å². The molecule has 0 unspecified atom stereocenters. The number of aromatic nitrogens is 1. The minimum Gasteiger partial charge on any atom is -0.497 e. The van der Waals surface area contributed by atoms with Crippen molar-refractivity contribution in [3.8, 4) is 17.2 Å². The Hall–Kier alpha value is -2.86. The van der Waals surface area contributed by atoms with Crippen molar-refractivity contribution in [2.45, 2.75) is 27.3 Å². The lowest BCUT2D eigenvalue weighted by atomic mass is 10.1. The third kappa shape index (κ3) is 4.05. The zero-order valence-electron chi connectivity index (χ0n) is 18.0. The predicted molar refractivity (Wildman–Crippen MR) is 117 cm³/mol. The van der Waals surface area contributed by atoms with E-state index in [2.05, 4.69) is 46.8 Å². The van der Waals surface area contributed by atoms with Crippen LogP contribution in [0.15, 0.2) is 40.8 Å². The monoisotopic (exact) mass is 409 g/mol. The van der Waals surface area contributed by atoms with Crippen LogP contribution in [0.4, 0.5) is 10.1 Å². The van der Waals surface area contributed by atoms with Crippen molar-refractivity contribution in [2.24, 2.45) is 0 Å². The van der Waals surface area contributed by atoms with Crippen LogP contribution in [-0.4, -0.2) is 43.2 Å². The lowest BCUT2D eigenvalue weighted by molar-refractivity contribution is 0.246. The third-order valence-corrected chi connectivity index (χ3v) is 5.96. The number of halogens is 1. The average molecular weight is 410 g/mol. The fourth-order valence-electron chi connectivity index (χ4n) is 3.92. The molecule has 2 heterocycles. The normalized spacial score (nSPS) is 14.9. The van der Waals surface area contributed by atoms with Crippen LogP contribution in [0.25, 0.3) is 11.5 Å². The van der Waals surface area contributed by atoms with E-state index in [0.717, 1.165) is 37.6 Å². The van der Waals surface area contributed by atoms with Crippen LogP contribution in [0.5, 0.6) is 5.75 Å². The van der Waals surface area contributed by atoms with Crippen LogP contribution in [0.1, 0.15) is 22.6 Å².